The molecular weight excluding hydrogens is 410 g/mol. The van der Waals surface area contributed by atoms with Crippen molar-refractivity contribution in [2.75, 3.05) is 20.3 Å². The predicted octanol–water partition coefficient (Wildman–Crippen LogP) is 3.95. The van der Waals surface area contributed by atoms with Gasteiger partial charge in [-0.1, -0.05) is 12.1 Å². The number of carbonyl (C=O) groups is 2. The van der Waals surface area contributed by atoms with Crippen LogP contribution in [0.15, 0.2) is 48.0 Å². The Kier molecular flexibility index (Phi) is 7.20. The minimum atomic E-state index is -0.767. The number of rotatable bonds is 8. The second-order valence-corrected chi connectivity index (χ2v) is 8.04. The lowest BCUT2D eigenvalue weighted by atomic mass is 9.94. The summed E-state index contributed by atoms with van der Waals surface area (Å²) >= 11 is 0. The lowest BCUT2D eigenvalue weighted by molar-refractivity contribution is -0.140. The topological polar surface area (TPSA) is 96.3 Å². The van der Waals surface area contributed by atoms with Gasteiger partial charge in [0.15, 0.2) is 0 Å². The van der Waals surface area contributed by atoms with Crippen LogP contribution in [-0.4, -0.2) is 53.2 Å². The van der Waals surface area contributed by atoms with Crippen LogP contribution in [0, 0.1) is 6.92 Å². The van der Waals surface area contributed by atoms with E-state index in [1.54, 1.807) is 44.4 Å². The third-order valence-electron chi connectivity index (χ3n) is 5.43. The highest BCUT2D eigenvalue weighted by Crippen LogP contribution is 2.40. The van der Waals surface area contributed by atoms with Gasteiger partial charge in [0.1, 0.15) is 17.3 Å². The summed E-state index contributed by atoms with van der Waals surface area (Å²) < 4.78 is 10.8. The van der Waals surface area contributed by atoms with Crippen molar-refractivity contribution in [3.63, 3.8) is 0 Å². The molecular formula is C25H29NO6. The van der Waals surface area contributed by atoms with Crippen LogP contribution in [0.25, 0.3) is 5.76 Å². The molecule has 7 heteroatoms. The molecule has 0 spiro atoms. The van der Waals surface area contributed by atoms with E-state index in [1.165, 1.54) is 17.0 Å². The smallest absolute Gasteiger partial charge is 0.295 e. The second kappa shape index (κ2) is 9.87. The van der Waals surface area contributed by atoms with Gasteiger partial charge >= 0.3 is 0 Å². The van der Waals surface area contributed by atoms with E-state index in [2.05, 4.69) is 0 Å². The monoisotopic (exact) mass is 439 g/mol. The van der Waals surface area contributed by atoms with Crippen LogP contribution in [0.3, 0.4) is 0 Å². The Morgan fingerprint density at radius 2 is 1.81 bits per heavy atom. The number of hydrogen-bond donors (Lipinski definition) is 2. The number of benzene rings is 2. The van der Waals surface area contributed by atoms with Gasteiger partial charge in [0.2, 0.25) is 0 Å². The van der Waals surface area contributed by atoms with Gasteiger partial charge in [0.25, 0.3) is 11.7 Å². The van der Waals surface area contributed by atoms with Crippen LogP contribution in [0.2, 0.25) is 0 Å². The first kappa shape index (κ1) is 23.3. The maximum atomic E-state index is 13.0. The third-order valence-corrected chi connectivity index (χ3v) is 5.43. The molecule has 0 bridgehead atoms. The lowest BCUT2D eigenvalue weighted by Crippen LogP contribution is -2.31. The molecule has 1 heterocycles. The Morgan fingerprint density at radius 1 is 1.12 bits per heavy atom. The molecule has 1 amide bonds. The molecule has 3 rings (SSSR count). The summed E-state index contributed by atoms with van der Waals surface area (Å²) in [7, 11) is 1.55. The summed E-state index contributed by atoms with van der Waals surface area (Å²) in [5, 5.41) is 20.9. The Balaban J connectivity index is 2.06. The van der Waals surface area contributed by atoms with Crippen LogP contribution in [0.1, 0.15) is 43.0 Å². The number of phenols is 1. The zero-order chi connectivity index (χ0) is 23.4. The normalized spacial score (nSPS) is 17.9. The average molecular weight is 440 g/mol. The van der Waals surface area contributed by atoms with Crippen molar-refractivity contribution in [2.24, 2.45) is 0 Å². The number of nitrogens with zero attached hydrogens (tertiary/aromatic N) is 1. The number of ether oxygens (including phenoxy) is 2. The van der Waals surface area contributed by atoms with Crippen molar-refractivity contribution in [1.82, 2.24) is 4.90 Å². The van der Waals surface area contributed by atoms with Crippen LogP contribution in [0.4, 0.5) is 0 Å². The average Bonchev–Trinajstić information content (AvgIpc) is 3.01. The fraction of sp³-hybridized carbons (Fsp3) is 0.360. The van der Waals surface area contributed by atoms with Crippen molar-refractivity contribution < 1.29 is 29.3 Å². The van der Waals surface area contributed by atoms with Crippen molar-refractivity contribution in [2.45, 2.75) is 39.3 Å². The number of aryl methyl sites for hydroxylation is 1. The predicted molar refractivity (Wildman–Crippen MR) is 121 cm³/mol. The molecule has 32 heavy (non-hydrogen) atoms. The molecule has 0 aliphatic carbocycles. The fourth-order valence-electron chi connectivity index (χ4n) is 3.84. The highest BCUT2D eigenvalue weighted by atomic mass is 16.5. The van der Waals surface area contributed by atoms with E-state index in [9.17, 15) is 19.8 Å². The first-order chi connectivity index (χ1) is 15.2. The molecule has 7 nitrogen and oxygen atoms in total. The molecule has 0 saturated carbocycles. The molecule has 1 fully saturated rings. The highest BCUT2D eigenvalue weighted by Gasteiger charge is 2.45. The molecule has 2 aromatic carbocycles. The van der Waals surface area contributed by atoms with Crippen molar-refractivity contribution >= 4 is 17.4 Å². The Morgan fingerprint density at radius 3 is 2.41 bits per heavy atom. The van der Waals surface area contributed by atoms with Crippen molar-refractivity contribution in [3.8, 4) is 11.5 Å². The molecule has 1 saturated heterocycles. The third kappa shape index (κ3) is 4.78. The van der Waals surface area contributed by atoms with E-state index in [0.717, 1.165) is 0 Å². The van der Waals surface area contributed by atoms with Gasteiger partial charge < -0.3 is 24.6 Å². The summed E-state index contributed by atoms with van der Waals surface area (Å²) in [6.45, 7) is 6.40. The number of aliphatic hydroxyl groups excluding tert-OH is 1. The largest absolute Gasteiger partial charge is 0.508 e. The number of aromatic hydroxyl groups is 1. The summed E-state index contributed by atoms with van der Waals surface area (Å²) in [6.07, 6.45) is 0.609. The first-order valence-electron chi connectivity index (χ1n) is 10.6. The highest BCUT2D eigenvalue weighted by molar-refractivity contribution is 6.46. The second-order valence-electron chi connectivity index (χ2n) is 8.04. The van der Waals surface area contributed by atoms with Crippen LogP contribution in [-0.2, 0) is 14.3 Å². The van der Waals surface area contributed by atoms with Crippen molar-refractivity contribution in [1.29, 1.82) is 0 Å². The number of carbonyl (C=O) groups excluding carboxylic acids is 2. The Labute approximate surface area is 187 Å². The van der Waals surface area contributed by atoms with Gasteiger partial charge in [-0.25, -0.2) is 0 Å². The summed E-state index contributed by atoms with van der Waals surface area (Å²) in [4.78, 5) is 27.4. The van der Waals surface area contributed by atoms with Gasteiger partial charge in [-0.3, -0.25) is 9.59 Å². The van der Waals surface area contributed by atoms with Gasteiger partial charge in [-0.05, 0) is 68.7 Å². The number of methoxy groups -OCH3 is 1. The maximum absolute atomic E-state index is 13.0. The molecule has 1 aliphatic rings. The van der Waals surface area contributed by atoms with E-state index in [4.69, 9.17) is 9.47 Å². The number of likely N-dealkylation sites (tertiary alicyclic amines) is 1. The van der Waals surface area contributed by atoms with E-state index >= 15 is 0 Å². The molecule has 1 unspecified atom stereocenters. The molecule has 1 atom stereocenters. The molecule has 2 aromatic rings. The molecule has 0 radical (unpaired) electrons. The van der Waals surface area contributed by atoms with E-state index in [1.807, 2.05) is 13.8 Å². The van der Waals surface area contributed by atoms with Gasteiger partial charge in [-0.2, -0.15) is 0 Å². The van der Waals surface area contributed by atoms with Crippen LogP contribution < -0.4 is 4.74 Å². The molecule has 1 aliphatic heterocycles. The number of ketones is 1. The summed E-state index contributed by atoms with van der Waals surface area (Å²) in [5.41, 5.74) is 1.82. The minimum absolute atomic E-state index is 0.0266. The molecule has 2 N–H and O–H groups in total. The van der Waals surface area contributed by atoms with Gasteiger partial charge in [0.05, 0.1) is 24.8 Å². The SMILES string of the molecule is COc1ccc(/C(O)=C2/C(=O)C(=O)N(CCCOC(C)C)C2c2ccc(O)cc2)c(C)c1. The fourth-order valence-corrected chi connectivity index (χ4v) is 3.84. The van der Waals surface area contributed by atoms with E-state index < -0.39 is 17.7 Å². The van der Waals surface area contributed by atoms with Gasteiger partial charge in [-0.15, -0.1) is 0 Å². The lowest BCUT2D eigenvalue weighted by Gasteiger charge is -2.25. The molecule has 170 valence electrons. The van der Waals surface area contributed by atoms with Gasteiger partial charge in [0, 0.05) is 18.7 Å². The zero-order valence-electron chi connectivity index (χ0n) is 18.8. The number of phenolic OH excluding ortho intramolecular Hbond substituents is 1. The summed E-state index contributed by atoms with van der Waals surface area (Å²) in [5.74, 6) is -0.940. The number of hydrogen-bond acceptors (Lipinski definition) is 6. The maximum Gasteiger partial charge on any atom is 0.295 e. The Bertz CT molecular complexity index is 1030. The van der Waals surface area contributed by atoms with E-state index in [0.29, 0.717) is 42.0 Å². The minimum Gasteiger partial charge on any atom is -0.508 e. The standard InChI is InChI=1S/C25H29NO6/c1-15(2)32-13-5-12-26-22(17-6-8-18(27)9-7-17)21(24(29)25(26)30)23(28)20-11-10-19(31-4)14-16(20)3/h6-11,14-15,22,27-28H,5,12-13H2,1-4H3/b23-21-. The van der Waals surface area contributed by atoms with E-state index in [-0.39, 0.29) is 23.2 Å². The van der Waals surface area contributed by atoms with Crippen LogP contribution in [0.5, 0.6) is 11.5 Å². The Hall–Kier alpha value is -3.32. The first-order valence-corrected chi connectivity index (χ1v) is 10.6. The quantitative estimate of drug-likeness (QED) is 0.280. The molecule has 0 aromatic heterocycles. The van der Waals surface area contributed by atoms with Crippen molar-refractivity contribution in [3.05, 3.63) is 64.7 Å². The number of aliphatic hydroxyl groups is 1. The summed E-state index contributed by atoms with van der Waals surface area (Å²) in [6, 6.07) is 10.6. The number of amides is 1. The zero-order valence-corrected chi connectivity index (χ0v) is 18.8. The van der Waals surface area contributed by atoms with Crippen LogP contribution >= 0.6 is 0 Å². The number of Topliss-reactive ketones (excluding diaryl/α,β-unsaturated/α-hetero) is 1.